The number of hydrogen-bond acceptors (Lipinski definition) is 6. The molecular weight excluding hydrogens is 480 g/mol. The van der Waals surface area contributed by atoms with Crippen LogP contribution in [0, 0.1) is 0 Å². The van der Waals surface area contributed by atoms with Crippen molar-refractivity contribution in [2.75, 3.05) is 19.3 Å². The number of thioether (sulfide) groups is 1. The number of amides is 1. The molecular formula is C27H32N2O4S2. The summed E-state index contributed by atoms with van der Waals surface area (Å²) in [5.74, 6) is -0.623. The summed E-state index contributed by atoms with van der Waals surface area (Å²) in [6.07, 6.45) is 1.27. The van der Waals surface area contributed by atoms with Crippen LogP contribution in [-0.2, 0) is 16.4 Å². The number of carbonyl (C=O) groups excluding carboxylic acids is 1. The minimum absolute atomic E-state index is 0.227. The van der Waals surface area contributed by atoms with Gasteiger partial charge in [0.1, 0.15) is 0 Å². The number of sulfonamides is 1. The fourth-order valence-corrected chi connectivity index (χ4v) is 5.03. The van der Waals surface area contributed by atoms with E-state index in [1.165, 1.54) is 17.3 Å². The average molecular weight is 513 g/mol. The maximum absolute atomic E-state index is 12.5. The number of aliphatic hydroxyl groups is 1. The first kappa shape index (κ1) is 26.9. The molecule has 6 nitrogen and oxygen atoms in total. The lowest BCUT2D eigenvalue weighted by atomic mass is 10.0. The first-order chi connectivity index (χ1) is 16.6. The third kappa shape index (κ3) is 8.50. The molecule has 0 heterocycles. The van der Waals surface area contributed by atoms with Crippen molar-refractivity contribution in [2.24, 2.45) is 0 Å². The molecule has 3 aromatic carbocycles. The normalized spacial score (nSPS) is 12.5. The van der Waals surface area contributed by atoms with Gasteiger partial charge in [0.15, 0.2) is 0 Å². The highest BCUT2D eigenvalue weighted by molar-refractivity contribution is 8.00. The average Bonchev–Trinajstić information content (AvgIpc) is 2.81. The fraction of sp³-hybridized carbons (Fsp3) is 0.296. The minimum Gasteiger partial charge on any atom is -0.387 e. The van der Waals surface area contributed by atoms with Gasteiger partial charge in [-0.05, 0) is 47.4 Å². The summed E-state index contributed by atoms with van der Waals surface area (Å²) in [7, 11) is -3.64. The molecule has 3 N–H and O–H groups in total. The zero-order chi connectivity index (χ0) is 25.4. The van der Waals surface area contributed by atoms with Gasteiger partial charge in [0.05, 0.1) is 17.9 Å². The molecule has 1 atom stereocenters. The van der Waals surface area contributed by atoms with Crippen molar-refractivity contribution in [3.8, 4) is 11.1 Å². The summed E-state index contributed by atoms with van der Waals surface area (Å²) < 4.78 is 25.1. The zero-order valence-electron chi connectivity index (χ0n) is 20.2. The molecule has 3 aromatic rings. The van der Waals surface area contributed by atoms with E-state index >= 15 is 0 Å². The molecule has 0 aliphatic heterocycles. The van der Waals surface area contributed by atoms with Crippen molar-refractivity contribution >= 4 is 27.7 Å². The topological polar surface area (TPSA) is 95.5 Å². The molecule has 0 saturated carbocycles. The van der Waals surface area contributed by atoms with Crippen molar-refractivity contribution < 1.29 is 18.3 Å². The first-order valence-corrected chi connectivity index (χ1v) is 14.3. The van der Waals surface area contributed by atoms with E-state index in [1.807, 2.05) is 68.4 Å². The Hall–Kier alpha value is -2.65. The van der Waals surface area contributed by atoms with Crippen LogP contribution in [0.25, 0.3) is 11.1 Å². The molecule has 0 spiro atoms. The van der Waals surface area contributed by atoms with Gasteiger partial charge in [-0.25, -0.2) is 13.1 Å². The van der Waals surface area contributed by atoms with Crippen LogP contribution in [-0.4, -0.2) is 44.0 Å². The van der Waals surface area contributed by atoms with Crippen LogP contribution in [0.2, 0.25) is 0 Å². The van der Waals surface area contributed by atoms with Crippen LogP contribution in [0.5, 0.6) is 0 Å². The lowest BCUT2D eigenvalue weighted by molar-refractivity contribution is 0.0979. The summed E-state index contributed by atoms with van der Waals surface area (Å²) >= 11 is 1.52. The van der Waals surface area contributed by atoms with Crippen molar-refractivity contribution in [1.29, 1.82) is 0 Å². The molecule has 35 heavy (non-hydrogen) atoms. The Labute approximate surface area is 212 Å². The van der Waals surface area contributed by atoms with E-state index < -0.39 is 22.0 Å². The number of hydrogen-bond donors (Lipinski definition) is 3. The van der Waals surface area contributed by atoms with Crippen molar-refractivity contribution in [3.05, 3.63) is 89.5 Å². The van der Waals surface area contributed by atoms with Gasteiger partial charge in [-0.2, -0.15) is 0 Å². The van der Waals surface area contributed by atoms with Gasteiger partial charge >= 0.3 is 0 Å². The molecule has 186 valence electrons. The first-order valence-electron chi connectivity index (χ1n) is 11.5. The van der Waals surface area contributed by atoms with Gasteiger partial charge < -0.3 is 10.4 Å². The Kier molecular flexibility index (Phi) is 9.51. The molecule has 8 heteroatoms. The summed E-state index contributed by atoms with van der Waals surface area (Å²) in [5.41, 5.74) is 4.40. The summed E-state index contributed by atoms with van der Waals surface area (Å²) in [5, 5.41) is 13.8. The molecule has 0 bridgehead atoms. The van der Waals surface area contributed by atoms with Crippen LogP contribution in [0.15, 0.2) is 77.7 Å². The Bertz CT molecular complexity index is 1230. The minimum atomic E-state index is -3.64. The predicted octanol–water partition coefficient (Wildman–Crippen LogP) is 4.41. The van der Waals surface area contributed by atoms with E-state index in [9.17, 15) is 18.3 Å². The Morgan fingerprint density at radius 1 is 0.971 bits per heavy atom. The van der Waals surface area contributed by atoms with Gasteiger partial charge in [0, 0.05) is 16.7 Å². The van der Waals surface area contributed by atoms with Gasteiger partial charge in [-0.3, -0.25) is 4.79 Å². The number of nitrogens with one attached hydrogen (secondary N) is 2. The molecule has 0 aliphatic rings. The maximum Gasteiger partial charge on any atom is 0.265 e. The second kappa shape index (κ2) is 12.4. The van der Waals surface area contributed by atoms with Crippen LogP contribution in [0.1, 0.15) is 41.4 Å². The number of aliphatic hydroxyl groups excluding tert-OH is 1. The summed E-state index contributed by atoms with van der Waals surface area (Å²) in [6.45, 7) is 5.30. The summed E-state index contributed by atoms with van der Waals surface area (Å²) in [6, 6.07) is 23.3. The molecule has 0 fully saturated rings. The van der Waals surface area contributed by atoms with Gasteiger partial charge in [0.2, 0.25) is 10.0 Å². The van der Waals surface area contributed by atoms with Crippen LogP contribution in [0.4, 0.5) is 0 Å². The Balaban J connectivity index is 1.64. The number of rotatable bonds is 11. The van der Waals surface area contributed by atoms with Crippen LogP contribution >= 0.6 is 11.8 Å². The van der Waals surface area contributed by atoms with E-state index in [0.717, 1.165) is 40.8 Å². The smallest absolute Gasteiger partial charge is 0.265 e. The van der Waals surface area contributed by atoms with Gasteiger partial charge in [-0.15, -0.1) is 11.8 Å². The van der Waals surface area contributed by atoms with Crippen LogP contribution < -0.4 is 10.0 Å². The summed E-state index contributed by atoms with van der Waals surface area (Å²) in [4.78, 5) is 13.2. The fourth-order valence-electron chi connectivity index (χ4n) is 3.59. The van der Waals surface area contributed by atoms with E-state index in [0.29, 0.717) is 12.1 Å². The molecule has 3 rings (SSSR count). The third-order valence-corrected chi connectivity index (χ3v) is 6.89. The molecule has 0 aromatic heterocycles. The molecule has 0 radical (unpaired) electrons. The molecule has 1 amide bonds. The standard InChI is InChI=1S/C27H32N2O4S2/c1-19(2)34-26-17-23(13-14-24(26)27(31)29-35(3,32)33)21-11-9-20(10-12-21)15-16-28-18-25(30)22-7-5-4-6-8-22/h4-14,17,19,25,28,30H,15-16,18H2,1-3H3,(H,29,31)/t25-/m0/s1. The Morgan fingerprint density at radius 3 is 2.26 bits per heavy atom. The number of carbonyl (C=O) groups is 1. The van der Waals surface area contributed by atoms with E-state index in [4.69, 9.17) is 0 Å². The largest absolute Gasteiger partial charge is 0.387 e. The van der Waals surface area contributed by atoms with Gasteiger partial charge in [-0.1, -0.05) is 74.5 Å². The SMILES string of the molecule is CC(C)Sc1cc(-c2ccc(CCNC[C@H](O)c3ccccc3)cc2)ccc1C(=O)NS(C)(=O)=O. The van der Waals surface area contributed by atoms with E-state index in [1.54, 1.807) is 6.07 Å². The second-order valence-corrected chi connectivity index (χ2v) is 12.0. The van der Waals surface area contributed by atoms with E-state index in [-0.39, 0.29) is 5.25 Å². The lowest BCUT2D eigenvalue weighted by Crippen LogP contribution is -2.29. The van der Waals surface area contributed by atoms with Crippen molar-refractivity contribution in [1.82, 2.24) is 10.0 Å². The van der Waals surface area contributed by atoms with Gasteiger partial charge in [0.25, 0.3) is 5.91 Å². The van der Waals surface area contributed by atoms with Crippen molar-refractivity contribution in [3.63, 3.8) is 0 Å². The maximum atomic E-state index is 12.5. The Morgan fingerprint density at radius 2 is 1.63 bits per heavy atom. The van der Waals surface area contributed by atoms with Crippen molar-refractivity contribution in [2.45, 2.75) is 36.5 Å². The third-order valence-electron chi connectivity index (χ3n) is 5.27. The zero-order valence-corrected chi connectivity index (χ0v) is 21.8. The van der Waals surface area contributed by atoms with E-state index in [2.05, 4.69) is 22.2 Å². The molecule has 0 unspecified atom stereocenters. The van der Waals surface area contributed by atoms with Crippen LogP contribution in [0.3, 0.4) is 0 Å². The highest BCUT2D eigenvalue weighted by Gasteiger charge is 2.17. The quantitative estimate of drug-likeness (QED) is 0.260. The monoisotopic (exact) mass is 512 g/mol. The second-order valence-electron chi connectivity index (χ2n) is 8.66. The number of benzene rings is 3. The highest BCUT2D eigenvalue weighted by atomic mass is 32.2. The molecule has 0 saturated heterocycles. The molecule has 0 aliphatic carbocycles. The highest BCUT2D eigenvalue weighted by Crippen LogP contribution is 2.32. The predicted molar refractivity (Wildman–Crippen MR) is 143 cm³/mol. The lowest BCUT2D eigenvalue weighted by Gasteiger charge is -2.14.